The highest BCUT2D eigenvalue weighted by atomic mass is 79.9. The molecule has 0 saturated carbocycles. The first-order chi connectivity index (χ1) is 9.96. The summed E-state index contributed by atoms with van der Waals surface area (Å²) in [6, 6.07) is 8.79. The Hall–Kier alpha value is -0.930. The molecular formula is C13H15BrN2O3S2. The first-order valence-corrected chi connectivity index (χ1v) is 9.16. The van der Waals surface area contributed by atoms with Gasteiger partial charge in [-0.25, -0.2) is 13.1 Å². The molecule has 0 unspecified atom stereocenters. The van der Waals surface area contributed by atoms with Crippen LogP contribution in [0.5, 0.6) is 5.75 Å². The Bertz CT molecular complexity index is 712. The van der Waals surface area contributed by atoms with Gasteiger partial charge in [-0.1, -0.05) is 12.1 Å². The highest BCUT2D eigenvalue weighted by molar-refractivity contribution is 9.11. The maximum Gasteiger partial charge on any atom is 0.242 e. The van der Waals surface area contributed by atoms with Gasteiger partial charge in [-0.05, 0) is 39.7 Å². The number of thiophene rings is 1. The number of rotatable bonds is 6. The molecule has 0 bridgehead atoms. The van der Waals surface area contributed by atoms with Crippen molar-refractivity contribution in [1.29, 1.82) is 0 Å². The number of sulfonamides is 1. The summed E-state index contributed by atoms with van der Waals surface area (Å²) in [7, 11) is -1.98. The van der Waals surface area contributed by atoms with Crippen molar-refractivity contribution >= 4 is 37.3 Å². The van der Waals surface area contributed by atoms with E-state index in [1.165, 1.54) is 11.3 Å². The van der Waals surface area contributed by atoms with Crippen molar-refractivity contribution in [2.75, 3.05) is 7.11 Å². The predicted octanol–water partition coefficient (Wildman–Crippen LogP) is 2.46. The minimum Gasteiger partial charge on any atom is -0.497 e. The summed E-state index contributed by atoms with van der Waals surface area (Å²) < 4.78 is 32.8. The molecule has 2 aromatic rings. The number of nitrogens with one attached hydrogen (secondary N) is 1. The molecule has 0 fully saturated rings. The van der Waals surface area contributed by atoms with Gasteiger partial charge in [-0.15, -0.1) is 11.3 Å². The number of nitrogens with two attached hydrogens (primary N) is 1. The van der Waals surface area contributed by atoms with Crippen LogP contribution in [-0.4, -0.2) is 15.5 Å². The van der Waals surface area contributed by atoms with Gasteiger partial charge in [-0.3, -0.25) is 0 Å². The van der Waals surface area contributed by atoms with E-state index in [2.05, 4.69) is 20.7 Å². The zero-order valence-electron chi connectivity index (χ0n) is 11.3. The summed E-state index contributed by atoms with van der Waals surface area (Å²) in [5, 5.41) is 0. The molecular weight excluding hydrogens is 376 g/mol. The average Bonchev–Trinajstić information content (AvgIpc) is 2.88. The van der Waals surface area contributed by atoms with E-state index >= 15 is 0 Å². The molecule has 114 valence electrons. The van der Waals surface area contributed by atoms with Gasteiger partial charge in [0.05, 0.1) is 10.9 Å². The molecule has 5 nitrogen and oxygen atoms in total. The molecule has 0 radical (unpaired) electrons. The minimum atomic E-state index is -3.57. The van der Waals surface area contributed by atoms with Crippen LogP contribution < -0.4 is 15.2 Å². The van der Waals surface area contributed by atoms with Gasteiger partial charge in [-0.2, -0.15) is 0 Å². The predicted molar refractivity (Wildman–Crippen MR) is 86.9 cm³/mol. The number of benzene rings is 1. The Morgan fingerprint density at radius 3 is 2.52 bits per heavy atom. The van der Waals surface area contributed by atoms with Crippen LogP contribution in [0, 0.1) is 0 Å². The highest BCUT2D eigenvalue weighted by Crippen LogP contribution is 2.31. The molecule has 0 amide bonds. The molecule has 1 aromatic carbocycles. The van der Waals surface area contributed by atoms with Crippen LogP contribution in [0.15, 0.2) is 39.0 Å². The summed E-state index contributed by atoms with van der Waals surface area (Å²) >= 11 is 4.59. The third-order valence-electron chi connectivity index (χ3n) is 2.82. The summed E-state index contributed by atoms with van der Waals surface area (Å²) in [6.07, 6.45) is 0. The Labute approximate surface area is 136 Å². The maximum absolute atomic E-state index is 12.3. The average molecular weight is 391 g/mol. The van der Waals surface area contributed by atoms with Crippen LogP contribution in [0.3, 0.4) is 0 Å². The van der Waals surface area contributed by atoms with Crippen LogP contribution >= 0.6 is 27.3 Å². The van der Waals surface area contributed by atoms with Gasteiger partial charge in [0, 0.05) is 18.0 Å². The Morgan fingerprint density at radius 2 is 2.00 bits per heavy atom. The normalized spacial score (nSPS) is 11.6. The lowest BCUT2D eigenvalue weighted by molar-refractivity contribution is 0.414. The second-order valence-electron chi connectivity index (χ2n) is 4.23. The van der Waals surface area contributed by atoms with E-state index < -0.39 is 10.0 Å². The Balaban J connectivity index is 2.11. The summed E-state index contributed by atoms with van der Waals surface area (Å²) in [4.78, 5) is 1.04. The van der Waals surface area contributed by atoms with Crippen LogP contribution in [0.1, 0.15) is 10.4 Å². The molecule has 8 heteroatoms. The van der Waals surface area contributed by atoms with Crippen molar-refractivity contribution in [2.24, 2.45) is 5.73 Å². The summed E-state index contributed by atoms with van der Waals surface area (Å²) in [5.74, 6) is 0.731. The summed E-state index contributed by atoms with van der Waals surface area (Å²) in [6.45, 7) is 0.532. The molecule has 0 atom stereocenters. The fourth-order valence-corrected chi connectivity index (χ4v) is 5.26. The van der Waals surface area contributed by atoms with Gasteiger partial charge in [0.15, 0.2) is 0 Å². The lowest BCUT2D eigenvalue weighted by atomic mass is 10.2. The van der Waals surface area contributed by atoms with Crippen molar-refractivity contribution in [3.8, 4) is 5.75 Å². The third kappa shape index (κ3) is 4.04. The molecule has 0 aliphatic heterocycles. The SMILES string of the molecule is COc1ccc(CNS(=O)(=O)c2cc(CN)sc2Br)cc1. The van der Waals surface area contributed by atoms with E-state index in [0.717, 1.165) is 16.2 Å². The zero-order valence-corrected chi connectivity index (χ0v) is 14.5. The lowest BCUT2D eigenvalue weighted by Gasteiger charge is -2.06. The number of ether oxygens (including phenoxy) is 1. The Morgan fingerprint density at radius 1 is 1.33 bits per heavy atom. The number of methoxy groups -OCH3 is 1. The fraction of sp³-hybridized carbons (Fsp3) is 0.231. The molecule has 3 N–H and O–H groups in total. The van der Waals surface area contributed by atoms with E-state index in [0.29, 0.717) is 10.3 Å². The largest absolute Gasteiger partial charge is 0.497 e. The van der Waals surface area contributed by atoms with Gasteiger partial charge in [0.1, 0.15) is 10.6 Å². The van der Waals surface area contributed by atoms with Crippen LogP contribution in [0.25, 0.3) is 0 Å². The quantitative estimate of drug-likeness (QED) is 0.793. The van der Waals surface area contributed by atoms with E-state index in [9.17, 15) is 8.42 Å². The summed E-state index contributed by atoms with van der Waals surface area (Å²) in [5.41, 5.74) is 6.38. The first kappa shape index (κ1) is 16.4. The maximum atomic E-state index is 12.3. The van der Waals surface area contributed by atoms with Crippen LogP contribution in [0.4, 0.5) is 0 Å². The fourth-order valence-electron chi connectivity index (χ4n) is 1.68. The van der Waals surface area contributed by atoms with E-state index in [4.69, 9.17) is 10.5 Å². The molecule has 1 heterocycles. The van der Waals surface area contributed by atoms with Crippen LogP contribution in [-0.2, 0) is 23.1 Å². The Kier molecular flexibility index (Phi) is 5.39. The number of hydrogen-bond donors (Lipinski definition) is 2. The lowest BCUT2D eigenvalue weighted by Crippen LogP contribution is -2.23. The van der Waals surface area contributed by atoms with Crippen molar-refractivity contribution < 1.29 is 13.2 Å². The monoisotopic (exact) mass is 390 g/mol. The van der Waals surface area contributed by atoms with Crippen molar-refractivity contribution in [1.82, 2.24) is 4.72 Å². The van der Waals surface area contributed by atoms with Crippen molar-refractivity contribution in [3.63, 3.8) is 0 Å². The highest BCUT2D eigenvalue weighted by Gasteiger charge is 2.20. The second-order valence-corrected chi connectivity index (χ2v) is 8.42. The van der Waals surface area contributed by atoms with E-state index in [1.54, 1.807) is 25.3 Å². The first-order valence-electron chi connectivity index (χ1n) is 6.07. The molecule has 1 aromatic heterocycles. The molecule has 0 aliphatic carbocycles. The topological polar surface area (TPSA) is 81.4 Å². The number of halogens is 1. The van der Waals surface area contributed by atoms with Gasteiger partial charge in [0.2, 0.25) is 10.0 Å². The van der Waals surface area contributed by atoms with E-state index in [1.807, 2.05) is 12.1 Å². The smallest absolute Gasteiger partial charge is 0.242 e. The standard InChI is InChI=1S/C13H15BrN2O3S2/c1-19-10-4-2-9(3-5-10)8-16-21(17,18)12-6-11(7-15)20-13(12)14/h2-6,16H,7-8,15H2,1H3. The molecule has 0 saturated heterocycles. The molecule has 0 aliphatic rings. The second kappa shape index (κ2) is 6.89. The van der Waals surface area contributed by atoms with E-state index in [-0.39, 0.29) is 11.4 Å². The number of hydrogen-bond acceptors (Lipinski definition) is 5. The molecule has 0 spiro atoms. The zero-order chi connectivity index (χ0) is 15.5. The van der Waals surface area contributed by atoms with Gasteiger partial charge < -0.3 is 10.5 Å². The third-order valence-corrected chi connectivity index (χ3v) is 6.50. The molecule has 21 heavy (non-hydrogen) atoms. The van der Waals surface area contributed by atoms with Gasteiger partial charge >= 0.3 is 0 Å². The minimum absolute atomic E-state index is 0.215. The van der Waals surface area contributed by atoms with Crippen molar-refractivity contribution in [3.05, 3.63) is 44.6 Å². The van der Waals surface area contributed by atoms with Crippen LogP contribution in [0.2, 0.25) is 0 Å². The van der Waals surface area contributed by atoms with Crippen molar-refractivity contribution in [2.45, 2.75) is 18.0 Å². The van der Waals surface area contributed by atoms with Gasteiger partial charge in [0.25, 0.3) is 0 Å². The molecule has 2 rings (SSSR count).